The van der Waals surface area contributed by atoms with Gasteiger partial charge in [0.1, 0.15) is 0 Å². The number of aromatic carboxylic acids is 1. The molecule has 1 aromatic heterocycles. The molecule has 0 saturated heterocycles. The second-order valence-electron chi connectivity index (χ2n) is 6.37. The summed E-state index contributed by atoms with van der Waals surface area (Å²) in [5.41, 5.74) is 2.74. The van der Waals surface area contributed by atoms with Gasteiger partial charge in [-0.3, -0.25) is 4.79 Å². The molecule has 1 heterocycles. The van der Waals surface area contributed by atoms with Crippen LogP contribution in [0.5, 0.6) is 0 Å². The van der Waals surface area contributed by atoms with Gasteiger partial charge in [-0.2, -0.15) is 0 Å². The van der Waals surface area contributed by atoms with Crippen LogP contribution in [0.25, 0.3) is 0 Å². The van der Waals surface area contributed by atoms with Gasteiger partial charge in [-0.1, -0.05) is 47.5 Å². The predicted octanol–water partition coefficient (Wildman–Crippen LogP) is 4.45. The van der Waals surface area contributed by atoms with E-state index in [1.165, 1.54) is 6.07 Å². The lowest BCUT2D eigenvalue weighted by Gasteiger charge is -2.12. The van der Waals surface area contributed by atoms with Crippen LogP contribution in [0.1, 0.15) is 44.6 Å². The number of amides is 1. The summed E-state index contributed by atoms with van der Waals surface area (Å²) in [6.07, 6.45) is 0.459. The molecular formula is C20H18Cl2N4O3. The van der Waals surface area contributed by atoms with E-state index in [0.29, 0.717) is 40.0 Å². The second-order valence-corrected chi connectivity index (χ2v) is 7.19. The molecular weight excluding hydrogens is 415 g/mol. The van der Waals surface area contributed by atoms with Crippen molar-refractivity contribution in [2.45, 2.75) is 26.8 Å². The average Bonchev–Trinajstić information content (AvgIpc) is 3.05. The number of benzene rings is 2. The molecule has 1 amide bonds. The van der Waals surface area contributed by atoms with Crippen molar-refractivity contribution < 1.29 is 14.7 Å². The van der Waals surface area contributed by atoms with Crippen molar-refractivity contribution in [2.24, 2.45) is 0 Å². The van der Waals surface area contributed by atoms with Gasteiger partial charge in [-0.15, -0.1) is 5.10 Å². The van der Waals surface area contributed by atoms with Crippen molar-refractivity contribution in [3.63, 3.8) is 0 Å². The van der Waals surface area contributed by atoms with Gasteiger partial charge >= 0.3 is 5.97 Å². The summed E-state index contributed by atoms with van der Waals surface area (Å²) in [6.45, 7) is 3.94. The van der Waals surface area contributed by atoms with Crippen LogP contribution in [0.4, 0.5) is 5.69 Å². The molecule has 0 spiro atoms. The normalized spacial score (nSPS) is 10.8. The number of hydrogen-bond donors (Lipinski definition) is 2. The van der Waals surface area contributed by atoms with Crippen LogP contribution in [-0.4, -0.2) is 32.0 Å². The quantitative estimate of drug-likeness (QED) is 0.599. The molecule has 0 unspecified atom stereocenters. The maximum absolute atomic E-state index is 12.7. The van der Waals surface area contributed by atoms with Crippen LogP contribution in [0, 0.1) is 6.92 Å². The number of anilines is 1. The molecule has 150 valence electrons. The fourth-order valence-corrected chi connectivity index (χ4v) is 3.32. The zero-order chi connectivity index (χ0) is 21.1. The molecule has 3 rings (SSSR count). The molecule has 0 aliphatic carbocycles. The molecule has 0 aliphatic heterocycles. The first-order chi connectivity index (χ1) is 13.8. The molecule has 0 aliphatic rings. The zero-order valence-electron chi connectivity index (χ0n) is 15.7. The molecule has 29 heavy (non-hydrogen) atoms. The fraction of sp³-hybridized carbons (Fsp3) is 0.200. The van der Waals surface area contributed by atoms with Crippen LogP contribution in [0.2, 0.25) is 10.0 Å². The van der Waals surface area contributed by atoms with Gasteiger partial charge in [0.05, 0.1) is 27.8 Å². The number of aromatic nitrogens is 3. The van der Waals surface area contributed by atoms with Gasteiger partial charge in [0.15, 0.2) is 5.69 Å². The highest BCUT2D eigenvalue weighted by Crippen LogP contribution is 2.24. The van der Waals surface area contributed by atoms with E-state index >= 15 is 0 Å². The number of rotatable bonds is 6. The Kier molecular flexibility index (Phi) is 6.20. The Labute approximate surface area is 177 Å². The maximum atomic E-state index is 12.7. The standard InChI is InChI=1S/C20H18Cl2N4O3/c1-3-13-14(20(28)29)5-4-6-17(13)23-19(27)18-11(2)26(25-24-18)10-12-7-8-15(21)16(22)9-12/h4-9H,3,10H2,1-2H3,(H,23,27)(H,28,29). The summed E-state index contributed by atoms with van der Waals surface area (Å²) in [5, 5.41) is 21.0. The number of carbonyl (C=O) groups is 2. The Bertz CT molecular complexity index is 1100. The van der Waals surface area contributed by atoms with Crippen molar-refractivity contribution in [1.29, 1.82) is 0 Å². The Morgan fingerprint density at radius 1 is 1.17 bits per heavy atom. The molecule has 9 heteroatoms. The van der Waals surface area contributed by atoms with Crippen molar-refractivity contribution >= 4 is 40.8 Å². The van der Waals surface area contributed by atoms with E-state index in [2.05, 4.69) is 15.6 Å². The summed E-state index contributed by atoms with van der Waals surface area (Å²) in [4.78, 5) is 24.1. The van der Waals surface area contributed by atoms with Crippen LogP contribution < -0.4 is 5.32 Å². The molecule has 2 N–H and O–H groups in total. The summed E-state index contributed by atoms with van der Waals surface area (Å²) in [7, 11) is 0. The van der Waals surface area contributed by atoms with Crippen molar-refractivity contribution in [2.75, 3.05) is 5.32 Å². The average molecular weight is 433 g/mol. The van der Waals surface area contributed by atoms with Gasteiger partial charge in [0.2, 0.25) is 0 Å². The Balaban J connectivity index is 1.84. The number of carbonyl (C=O) groups excluding carboxylic acids is 1. The van der Waals surface area contributed by atoms with Crippen LogP contribution in [-0.2, 0) is 13.0 Å². The molecule has 0 radical (unpaired) electrons. The van der Waals surface area contributed by atoms with Gasteiger partial charge < -0.3 is 10.4 Å². The molecule has 0 bridgehead atoms. The number of nitrogens with zero attached hydrogens (tertiary/aromatic N) is 3. The van der Waals surface area contributed by atoms with Gasteiger partial charge in [-0.05, 0) is 48.7 Å². The van der Waals surface area contributed by atoms with E-state index in [9.17, 15) is 14.7 Å². The lowest BCUT2D eigenvalue weighted by Crippen LogP contribution is -2.17. The third-order valence-electron chi connectivity index (χ3n) is 4.52. The number of halogens is 2. The molecule has 7 nitrogen and oxygen atoms in total. The third kappa shape index (κ3) is 4.41. The van der Waals surface area contributed by atoms with E-state index in [1.54, 1.807) is 35.9 Å². The molecule has 0 atom stereocenters. The molecule has 0 saturated carbocycles. The van der Waals surface area contributed by atoms with E-state index in [1.807, 2.05) is 13.0 Å². The first-order valence-electron chi connectivity index (χ1n) is 8.82. The summed E-state index contributed by atoms with van der Waals surface area (Å²) < 4.78 is 1.59. The van der Waals surface area contributed by atoms with Gasteiger partial charge in [0.25, 0.3) is 5.91 Å². The highest BCUT2D eigenvalue weighted by molar-refractivity contribution is 6.42. The molecule has 3 aromatic rings. The van der Waals surface area contributed by atoms with Crippen molar-refractivity contribution in [3.05, 3.63) is 74.5 Å². The maximum Gasteiger partial charge on any atom is 0.336 e. The lowest BCUT2D eigenvalue weighted by molar-refractivity contribution is 0.0695. The van der Waals surface area contributed by atoms with Crippen molar-refractivity contribution in [1.82, 2.24) is 15.0 Å². The SMILES string of the molecule is CCc1c(NC(=O)c2nnn(Cc3ccc(Cl)c(Cl)c3)c2C)cccc1C(=O)O. The Morgan fingerprint density at radius 2 is 1.93 bits per heavy atom. The second kappa shape index (κ2) is 8.63. The van der Waals surface area contributed by atoms with E-state index < -0.39 is 11.9 Å². The highest BCUT2D eigenvalue weighted by atomic mass is 35.5. The van der Waals surface area contributed by atoms with Crippen LogP contribution in [0.3, 0.4) is 0 Å². The lowest BCUT2D eigenvalue weighted by atomic mass is 10.0. The first-order valence-corrected chi connectivity index (χ1v) is 9.58. The van der Waals surface area contributed by atoms with Crippen molar-refractivity contribution in [3.8, 4) is 0 Å². The predicted molar refractivity (Wildman–Crippen MR) is 111 cm³/mol. The Hall–Kier alpha value is -2.90. The first kappa shape index (κ1) is 20.8. The monoisotopic (exact) mass is 432 g/mol. The molecule has 0 fully saturated rings. The minimum absolute atomic E-state index is 0.158. The molecule has 2 aromatic carbocycles. The van der Waals surface area contributed by atoms with Crippen LogP contribution >= 0.6 is 23.2 Å². The number of nitrogens with one attached hydrogen (secondary N) is 1. The fourth-order valence-electron chi connectivity index (χ4n) is 3.00. The Morgan fingerprint density at radius 3 is 2.59 bits per heavy atom. The summed E-state index contributed by atoms with van der Waals surface area (Å²) in [6, 6.07) is 10.0. The van der Waals surface area contributed by atoms with Gasteiger partial charge in [-0.25, -0.2) is 9.48 Å². The minimum atomic E-state index is -1.04. The van der Waals surface area contributed by atoms with Crippen LogP contribution in [0.15, 0.2) is 36.4 Å². The topological polar surface area (TPSA) is 97.1 Å². The third-order valence-corrected chi connectivity index (χ3v) is 5.26. The number of carboxylic acids is 1. The van der Waals surface area contributed by atoms with E-state index in [4.69, 9.17) is 23.2 Å². The number of carboxylic acid groups (broad SMARTS) is 1. The smallest absolute Gasteiger partial charge is 0.336 e. The van der Waals surface area contributed by atoms with E-state index in [0.717, 1.165) is 5.56 Å². The zero-order valence-corrected chi connectivity index (χ0v) is 17.3. The van der Waals surface area contributed by atoms with Gasteiger partial charge in [0, 0.05) is 5.69 Å². The number of hydrogen-bond acceptors (Lipinski definition) is 4. The van der Waals surface area contributed by atoms with E-state index in [-0.39, 0.29) is 11.3 Å². The summed E-state index contributed by atoms with van der Waals surface area (Å²) in [5.74, 6) is -1.50. The highest BCUT2D eigenvalue weighted by Gasteiger charge is 2.20. The minimum Gasteiger partial charge on any atom is -0.478 e. The largest absolute Gasteiger partial charge is 0.478 e. The summed E-state index contributed by atoms with van der Waals surface area (Å²) >= 11 is 12.0.